The quantitative estimate of drug-likeness (QED) is 0.677. The van der Waals surface area contributed by atoms with E-state index in [0.29, 0.717) is 13.0 Å². The van der Waals surface area contributed by atoms with E-state index in [-0.39, 0.29) is 5.91 Å². The lowest BCUT2D eigenvalue weighted by Gasteiger charge is -2.21. The van der Waals surface area contributed by atoms with Gasteiger partial charge in [0.15, 0.2) is 0 Å². The van der Waals surface area contributed by atoms with Crippen LogP contribution in [0.1, 0.15) is 30.8 Å². The number of aryl methyl sites for hydroxylation is 1. The highest BCUT2D eigenvalue weighted by atomic mass is 16.2. The Morgan fingerprint density at radius 1 is 1.43 bits per heavy atom. The number of carbonyl (C=O) groups excluding carboxylic acids is 1. The molecule has 0 fully saturated rings. The van der Waals surface area contributed by atoms with E-state index in [1.165, 1.54) is 5.56 Å². The number of amides is 1. The second kappa shape index (κ2) is 4.26. The average Bonchev–Trinajstić information content (AvgIpc) is 2.53. The van der Waals surface area contributed by atoms with Crippen molar-refractivity contribution >= 4 is 5.91 Å². The fourth-order valence-electron chi connectivity index (χ4n) is 1.46. The molecule has 0 saturated carbocycles. The highest BCUT2D eigenvalue weighted by molar-refractivity contribution is 5.80. The van der Waals surface area contributed by atoms with Crippen molar-refractivity contribution in [2.75, 3.05) is 7.05 Å². The summed E-state index contributed by atoms with van der Waals surface area (Å²) in [5.41, 5.74) is 3.16. The molecule has 0 aliphatic carbocycles. The van der Waals surface area contributed by atoms with Crippen LogP contribution in [0.4, 0.5) is 0 Å². The molecule has 4 nitrogen and oxygen atoms in total. The molecule has 0 saturated heterocycles. The van der Waals surface area contributed by atoms with E-state index >= 15 is 0 Å². The first kappa shape index (κ1) is 10.8. The summed E-state index contributed by atoms with van der Waals surface area (Å²) in [6, 6.07) is 0. The molecule has 1 aromatic rings. The Bertz CT molecular complexity index is 330. The Morgan fingerprint density at radius 2 is 2.07 bits per heavy atom. The molecular weight excluding hydrogens is 178 g/mol. The molecule has 1 aromatic heterocycles. The van der Waals surface area contributed by atoms with Crippen LogP contribution in [0.15, 0.2) is 0 Å². The van der Waals surface area contributed by atoms with Gasteiger partial charge >= 0.3 is 0 Å². The number of nitrogens with zero attached hydrogens (tertiary/aromatic N) is 2. The lowest BCUT2D eigenvalue weighted by Crippen LogP contribution is -2.32. The van der Waals surface area contributed by atoms with E-state index in [1.807, 2.05) is 27.8 Å². The molecule has 0 atom stereocenters. The lowest BCUT2D eigenvalue weighted by atomic mass is 10.1. The van der Waals surface area contributed by atoms with Crippen LogP contribution < -0.4 is 0 Å². The van der Waals surface area contributed by atoms with Crippen LogP contribution in [0.2, 0.25) is 0 Å². The van der Waals surface area contributed by atoms with Gasteiger partial charge in [0.05, 0.1) is 12.1 Å². The Hall–Kier alpha value is -1.32. The molecule has 1 aliphatic rings. The minimum Gasteiger partial charge on any atom is -0.341 e. The zero-order chi connectivity index (χ0) is 10.7. The fourth-order valence-corrected chi connectivity index (χ4v) is 1.46. The highest BCUT2D eigenvalue weighted by Crippen LogP contribution is 2.18. The molecule has 2 rings (SSSR count). The molecule has 14 heavy (non-hydrogen) atoms. The molecular formula is C10H17N3O. The normalized spacial score (nSPS) is 14.6. The molecule has 4 heteroatoms. The van der Waals surface area contributed by atoms with Gasteiger partial charge in [0.1, 0.15) is 0 Å². The summed E-state index contributed by atoms with van der Waals surface area (Å²) < 4.78 is 0. The summed E-state index contributed by atoms with van der Waals surface area (Å²) >= 11 is 0. The Labute approximate surface area is 84.3 Å². The molecule has 0 bridgehead atoms. The second-order valence-corrected chi connectivity index (χ2v) is 3.20. The number of aromatic amines is 1. The SMILES string of the molecule is CC.Cc1[nH]nc2c1CN(C)C(=O)C2. The van der Waals surface area contributed by atoms with Gasteiger partial charge in [-0.3, -0.25) is 9.89 Å². The standard InChI is InChI=1S/C8H11N3O.C2H6/c1-5-6-4-11(2)8(12)3-7(6)10-9-5;1-2/h3-4H2,1-2H3,(H,9,10);1-2H3. The maximum absolute atomic E-state index is 11.2. The third kappa shape index (κ3) is 1.78. The van der Waals surface area contributed by atoms with Crippen LogP contribution in [-0.4, -0.2) is 28.1 Å². The number of rotatable bonds is 0. The minimum absolute atomic E-state index is 0.147. The first-order chi connectivity index (χ1) is 6.68. The van der Waals surface area contributed by atoms with Crippen LogP contribution in [0, 0.1) is 6.92 Å². The number of hydrogen-bond acceptors (Lipinski definition) is 2. The van der Waals surface area contributed by atoms with Gasteiger partial charge in [-0.15, -0.1) is 0 Å². The Kier molecular flexibility index (Phi) is 3.28. The van der Waals surface area contributed by atoms with Crippen LogP contribution in [0.25, 0.3) is 0 Å². The van der Waals surface area contributed by atoms with Crippen molar-refractivity contribution in [3.63, 3.8) is 0 Å². The monoisotopic (exact) mass is 195 g/mol. The van der Waals surface area contributed by atoms with Gasteiger partial charge in [0.25, 0.3) is 0 Å². The van der Waals surface area contributed by atoms with E-state index in [0.717, 1.165) is 11.4 Å². The van der Waals surface area contributed by atoms with E-state index in [4.69, 9.17) is 0 Å². The van der Waals surface area contributed by atoms with Crippen LogP contribution >= 0.6 is 0 Å². The first-order valence-electron chi connectivity index (χ1n) is 4.95. The summed E-state index contributed by atoms with van der Waals surface area (Å²) in [7, 11) is 1.82. The zero-order valence-corrected chi connectivity index (χ0v) is 9.22. The van der Waals surface area contributed by atoms with Gasteiger partial charge in [-0.05, 0) is 6.92 Å². The van der Waals surface area contributed by atoms with Crippen LogP contribution in [0.3, 0.4) is 0 Å². The van der Waals surface area contributed by atoms with Crippen molar-refractivity contribution in [3.05, 3.63) is 17.0 Å². The summed E-state index contributed by atoms with van der Waals surface area (Å²) in [5.74, 6) is 0.147. The van der Waals surface area contributed by atoms with Crippen molar-refractivity contribution in [2.24, 2.45) is 0 Å². The van der Waals surface area contributed by atoms with Crippen LogP contribution in [0.5, 0.6) is 0 Å². The molecule has 0 aromatic carbocycles. The molecule has 1 aliphatic heterocycles. The summed E-state index contributed by atoms with van der Waals surface area (Å²) in [5, 5.41) is 6.96. The maximum atomic E-state index is 11.2. The number of H-pyrrole nitrogens is 1. The van der Waals surface area contributed by atoms with Crippen molar-refractivity contribution in [3.8, 4) is 0 Å². The number of aromatic nitrogens is 2. The molecule has 0 radical (unpaired) electrons. The zero-order valence-electron chi connectivity index (χ0n) is 9.22. The highest BCUT2D eigenvalue weighted by Gasteiger charge is 2.23. The first-order valence-corrected chi connectivity index (χ1v) is 4.95. The van der Waals surface area contributed by atoms with Gasteiger partial charge in [-0.1, -0.05) is 13.8 Å². The largest absolute Gasteiger partial charge is 0.341 e. The number of hydrogen-bond donors (Lipinski definition) is 1. The number of nitrogens with one attached hydrogen (secondary N) is 1. The molecule has 2 heterocycles. The van der Waals surface area contributed by atoms with Gasteiger partial charge in [-0.2, -0.15) is 5.10 Å². The average molecular weight is 195 g/mol. The van der Waals surface area contributed by atoms with Crippen molar-refractivity contribution < 1.29 is 4.79 Å². The van der Waals surface area contributed by atoms with E-state index in [2.05, 4.69) is 10.2 Å². The van der Waals surface area contributed by atoms with E-state index in [1.54, 1.807) is 4.90 Å². The molecule has 78 valence electrons. The topological polar surface area (TPSA) is 49.0 Å². The van der Waals surface area contributed by atoms with Gasteiger partial charge in [-0.25, -0.2) is 0 Å². The second-order valence-electron chi connectivity index (χ2n) is 3.20. The summed E-state index contributed by atoms with van der Waals surface area (Å²) in [6.07, 6.45) is 0.441. The Morgan fingerprint density at radius 3 is 2.71 bits per heavy atom. The predicted molar refractivity (Wildman–Crippen MR) is 54.9 cm³/mol. The third-order valence-electron chi connectivity index (χ3n) is 2.30. The van der Waals surface area contributed by atoms with Gasteiger partial charge < -0.3 is 4.90 Å². The number of carbonyl (C=O) groups is 1. The fraction of sp³-hybridized carbons (Fsp3) is 0.600. The molecule has 0 spiro atoms. The minimum atomic E-state index is 0.147. The smallest absolute Gasteiger partial charge is 0.228 e. The molecule has 1 amide bonds. The summed E-state index contributed by atoms with van der Waals surface area (Å²) in [4.78, 5) is 13.0. The number of likely N-dealkylation sites (N-methyl/N-ethyl adjacent to an activating group) is 1. The van der Waals surface area contributed by atoms with Crippen molar-refractivity contribution in [1.29, 1.82) is 0 Å². The number of fused-ring (bicyclic) bond motifs is 1. The lowest BCUT2D eigenvalue weighted by molar-refractivity contribution is -0.130. The molecule has 0 unspecified atom stereocenters. The predicted octanol–water partition coefficient (Wildman–Crippen LogP) is 1.26. The van der Waals surface area contributed by atoms with Gasteiger partial charge in [0, 0.05) is 24.8 Å². The third-order valence-corrected chi connectivity index (χ3v) is 2.30. The van der Waals surface area contributed by atoms with Gasteiger partial charge in [0.2, 0.25) is 5.91 Å². The van der Waals surface area contributed by atoms with Crippen molar-refractivity contribution in [2.45, 2.75) is 33.7 Å². The van der Waals surface area contributed by atoms with Crippen molar-refractivity contribution in [1.82, 2.24) is 15.1 Å². The van der Waals surface area contributed by atoms with E-state index < -0.39 is 0 Å². The Balaban J connectivity index is 0.000000461. The summed E-state index contributed by atoms with van der Waals surface area (Å²) in [6.45, 7) is 6.67. The maximum Gasteiger partial charge on any atom is 0.228 e. The van der Waals surface area contributed by atoms with E-state index in [9.17, 15) is 4.79 Å². The molecule has 1 N–H and O–H groups in total. The van der Waals surface area contributed by atoms with Crippen LogP contribution in [-0.2, 0) is 17.8 Å².